The molecule has 1 atom stereocenters. The second-order valence-corrected chi connectivity index (χ2v) is 11.5. The Labute approximate surface area is 175 Å². The number of rotatable bonds is 13. The fourth-order valence-corrected chi connectivity index (χ4v) is 4.83. The van der Waals surface area contributed by atoms with Gasteiger partial charge in [0.05, 0.1) is 0 Å². The molecule has 8 heteroatoms. The minimum atomic E-state index is -4.95. The van der Waals surface area contributed by atoms with E-state index in [0.29, 0.717) is 0 Å². The van der Waals surface area contributed by atoms with Gasteiger partial charge in [-0.05, 0) is 78.6 Å². The molecular formula is C21H38O6P2. The summed E-state index contributed by atoms with van der Waals surface area (Å²) in [5.74, 6) is 0.0596. The largest absolute Gasteiger partial charge is 0.364 e. The molecule has 0 aromatic rings. The number of hydrogen-bond donors (Lipinski definition) is 4. The van der Waals surface area contributed by atoms with E-state index in [1.807, 2.05) is 6.92 Å². The molecule has 0 saturated heterocycles. The van der Waals surface area contributed by atoms with Crippen molar-refractivity contribution in [2.75, 3.05) is 0 Å². The Bertz CT molecular complexity index is 693. The van der Waals surface area contributed by atoms with Crippen LogP contribution in [-0.2, 0) is 9.13 Å². The molecule has 0 saturated carbocycles. The number of allylic oxidation sites excluding steroid dienone is 7. The highest BCUT2D eigenvalue weighted by Crippen LogP contribution is 2.64. The molecule has 0 spiro atoms. The van der Waals surface area contributed by atoms with Gasteiger partial charge in [0, 0.05) is 0 Å². The van der Waals surface area contributed by atoms with Crippen molar-refractivity contribution in [2.45, 2.75) is 79.6 Å². The van der Waals surface area contributed by atoms with Gasteiger partial charge in [0.1, 0.15) is 5.06 Å². The minimum absolute atomic E-state index is 0.0596. The summed E-state index contributed by atoms with van der Waals surface area (Å²) in [7, 11) is -9.90. The smallest absolute Gasteiger partial charge is 0.321 e. The van der Waals surface area contributed by atoms with Gasteiger partial charge in [0.15, 0.2) is 0 Å². The van der Waals surface area contributed by atoms with E-state index in [1.165, 1.54) is 16.7 Å². The summed E-state index contributed by atoms with van der Waals surface area (Å²) < 4.78 is 22.5. The monoisotopic (exact) mass is 448 g/mol. The van der Waals surface area contributed by atoms with E-state index < -0.39 is 20.2 Å². The second-order valence-electron chi connectivity index (χ2n) is 8.03. The van der Waals surface area contributed by atoms with E-state index in [9.17, 15) is 9.13 Å². The summed E-state index contributed by atoms with van der Waals surface area (Å²) in [6.07, 6.45) is 13.7. The zero-order valence-corrected chi connectivity index (χ0v) is 20.1. The fourth-order valence-electron chi connectivity index (χ4n) is 2.79. The van der Waals surface area contributed by atoms with Gasteiger partial charge in [-0.25, -0.2) is 0 Å². The summed E-state index contributed by atoms with van der Waals surface area (Å²) >= 11 is 0. The van der Waals surface area contributed by atoms with Crippen LogP contribution in [0.1, 0.15) is 79.6 Å². The maximum Gasteiger partial charge on any atom is 0.364 e. The maximum atomic E-state index is 11.2. The van der Waals surface area contributed by atoms with Crippen LogP contribution in [0.5, 0.6) is 0 Å². The Morgan fingerprint density at radius 1 is 0.759 bits per heavy atom. The lowest BCUT2D eigenvalue weighted by Crippen LogP contribution is -1.95. The zero-order chi connectivity index (χ0) is 22.7. The Balaban J connectivity index is 4.43. The van der Waals surface area contributed by atoms with Crippen molar-refractivity contribution >= 4 is 15.2 Å². The van der Waals surface area contributed by atoms with E-state index in [-0.39, 0.29) is 12.3 Å². The molecule has 168 valence electrons. The average Bonchev–Trinajstić information content (AvgIpc) is 2.52. The maximum absolute atomic E-state index is 11.2. The lowest BCUT2D eigenvalue weighted by molar-refractivity contribution is 0.367. The highest BCUT2D eigenvalue weighted by atomic mass is 31.2. The Morgan fingerprint density at radius 2 is 1.21 bits per heavy atom. The van der Waals surface area contributed by atoms with Gasteiger partial charge in [0.25, 0.3) is 0 Å². The summed E-state index contributed by atoms with van der Waals surface area (Å²) in [6.45, 7) is 10.4. The zero-order valence-electron chi connectivity index (χ0n) is 18.3. The van der Waals surface area contributed by atoms with Crippen molar-refractivity contribution in [1.82, 2.24) is 0 Å². The van der Waals surface area contributed by atoms with Gasteiger partial charge in [-0.15, -0.1) is 0 Å². The first-order valence-corrected chi connectivity index (χ1v) is 13.2. The number of hydrogen-bond acceptors (Lipinski definition) is 2. The summed E-state index contributed by atoms with van der Waals surface area (Å²) in [5, 5.41) is -1.07. The molecule has 0 aliphatic heterocycles. The van der Waals surface area contributed by atoms with E-state index in [4.69, 9.17) is 19.6 Å². The van der Waals surface area contributed by atoms with Crippen LogP contribution in [0.2, 0.25) is 0 Å². The van der Waals surface area contributed by atoms with Crippen LogP contribution < -0.4 is 0 Å². The van der Waals surface area contributed by atoms with Crippen LogP contribution >= 0.6 is 15.2 Å². The first-order chi connectivity index (χ1) is 13.2. The van der Waals surface area contributed by atoms with Crippen LogP contribution in [0.4, 0.5) is 0 Å². The van der Waals surface area contributed by atoms with Crippen molar-refractivity contribution in [3.63, 3.8) is 0 Å². The molecule has 0 rings (SSSR count). The lowest BCUT2D eigenvalue weighted by Gasteiger charge is -2.13. The third kappa shape index (κ3) is 14.8. The van der Waals surface area contributed by atoms with Gasteiger partial charge >= 0.3 is 15.2 Å². The predicted octanol–water partition coefficient (Wildman–Crippen LogP) is 6.41. The molecule has 0 fully saturated rings. The van der Waals surface area contributed by atoms with Gasteiger partial charge in [0.2, 0.25) is 0 Å². The third-order valence-electron chi connectivity index (χ3n) is 4.57. The van der Waals surface area contributed by atoms with Crippen molar-refractivity contribution in [2.24, 2.45) is 5.92 Å². The van der Waals surface area contributed by atoms with Crippen molar-refractivity contribution < 1.29 is 28.7 Å². The van der Waals surface area contributed by atoms with Gasteiger partial charge in [-0.3, -0.25) is 9.13 Å². The predicted molar refractivity (Wildman–Crippen MR) is 121 cm³/mol. The minimum Gasteiger partial charge on any atom is -0.321 e. The van der Waals surface area contributed by atoms with Crippen LogP contribution in [0.3, 0.4) is 0 Å². The molecular weight excluding hydrogens is 410 g/mol. The van der Waals surface area contributed by atoms with Gasteiger partial charge < -0.3 is 19.6 Å². The van der Waals surface area contributed by atoms with Crippen LogP contribution in [0, 0.1) is 5.92 Å². The molecule has 0 heterocycles. The molecule has 4 N–H and O–H groups in total. The van der Waals surface area contributed by atoms with Crippen molar-refractivity contribution in [3.05, 3.63) is 46.1 Å². The van der Waals surface area contributed by atoms with E-state index in [0.717, 1.165) is 44.6 Å². The van der Waals surface area contributed by atoms with Crippen molar-refractivity contribution in [1.29, 1.82) is 0 Å². The molecule has 0 aromatic carbocycles. The fraction of sp³-hybridized carbons (Fsp3) is 0.619. The molecule has 0 aliphatic rings. The Morgan fingerprint density at radius 3 is 1.66 bits per heavy atom. The van der Waals surface area contributed by atoms with Crippen LogP contribution in [-0.4, -0.2) is 19.6 Å². The second kappa shape index (κ2) is 13.5. The quantitative estimate of drug-likeness (QED) is 0.191. The average molecular weight is 448 g/mol. The molecule has 0 radical (unpaired) electrons. The first kappa shape index (κ1) is 28.3. The molecule has 0 bridgehead atoms. The molecule has 6 nitrogen and oxygen atoms in total. The van der Waals surface area contributed by atoms with Gasteiger partial charge in [-0.2, -0.15) is 0 Å². The van der Waals surface area contributed by atoms with E-state index >= 15 is 0 Å². The van der Waals surface area contributed by atoms with Gasteiger partial charge in [-0.1, -0.05) is 47.9 Å². The lowest BCUT2D eigenvalue weighted by atomic mass is 10.00. The molecule has 29 heavy (non-hydrogen) atoms. The Kier molecular flexibility index (Phi) is 13.2. The summed E-state index contributed by atoms with van der Waals surface area (Å²) in [6, 6.07) is 0. The topological polar surface area (TPSA) is 115 Å². The van der Waals surface area contributed by atoms with Crippen LogP contribution in [0.15, 0.2) is 46.1 Å². The SMILES string of the molecule is CC(C)=CCCC(C)=CCCC(C)=CCCC(C)CC=C(P(=O)(O)O)P(=O)(O)O. The molecule has 0 amide bonds. The Hall–Kier alpha value is -0.740. The molecule has 1 unspecified atom stereocenters. The first-order valence-electron chi connectivity index (χ1n) is 10.0. The third-order valence-corrected chi connectivity index (χ3v) is 7.70. The normalized spacial score (nSPS) is 14.5. The van der Waals surface area contributed by atoms with E-state index in [1.54, 1.807) is 0 Å². The standard InChI is InChI=1S/C21H38O6P2/c1-17(2)9-6-10-18(3)11-7-12-19(4)13-8-14-20(5)15-16-21(28(22,23)24)29(25,26)27/h9,11,13,16,20H,6-8,10,12,14-15H2,1-5H3,(H2,22,23,24)(H2,25,26,27). The highest BCUT2D eigenvalue weighted by Gasteiger charge is 2.35. The summed E-state index contributed by atoms with van der Waals surface area (Å²) in [4.78, 5) is 36.4. The molecule has 0 aromatic heterocycles. The highest BCUT2D eigenvalue weighted by molar-refractivity contribution is 7.77. The summed E-state index contributed by atoms with van der Waals surface area (Å²) in [5.41, 5.74) is 4.05. The van der Waals surface area contributed by atoms with E-state index in [2.05, 4.69) is 45.9 Å². The molecule has 0 aliphatic carbocycles. The van der Waals surface area contributed by atoms with Crippen LogP contribution in [0.25, 0.3) is 0 Å². The van der Waals surface area contributed by atoms with Crippen molar-refractivity contribution in [3.8, 4) is 0 Å².